The fourth-order valence-corrected chi connectivity index (χ4v) is 2.36. The van der Waals surface area contributed by atoms with Gasteiger partial charge >= 0.3 is 0 Å². The molecule has 2 aliphatic carbocycles. The Balaban J connectivity index is 1.75. The summed E-state index contributed by atoms with van der Waals surface area (Å²) >= 11 is 0. The van der Waals surface area contributed by atoms with Crippen molar-refractivity contribution in [1.29, 1.82) is 0 Å². The van der Waals surface area contributed by atoms with Crippen LogP contribution >= 0.6 is 0 Å². The van der Waals surface area contributed by atoms with Gasteiger partial charge in [0.2, 0.25) is 0 Å². The molecule has 0 aromatic carbocycles. The van der Waals surface area contributed by atoms with Gasteiger partial charge in [-0.15, -0.1) is 0 Å². The first-order chi connectivity index (χ1) is 4.92. The third kappa shape index (κ3) is 0.572. The molecule has 3 rings (SSSR count). The van der Waals surface area contributed by atoms with Crippen LogP contribution in [-0.2, 0) is 4.74 Å². The molecule has 0 spiro atoms. The van der Waals surface area contributed by atoms with Crippen LogP contribution in [0, 0.1) is 11.8 Å². The lowest BCUT2D eigenvalue weighted by Gasteiger charge is -2.31. The minimum Gasteiger partial charge on any atom is -0.369 e. The lowest BCUT2D eigenvalue weighted by atomic mass is 9.74. The number of hydrogen-bond acceptors (Lipinski definition) is 1. The van der Waals surface area contributed by atoms with Crippen molar-refractivity contribution in [2.24, 2.45) is 11.8 Å². The van der Waals surface area contributed by atoms with Crippen LogP contribution in [-0.4, -0.2) is 12.2 Å². The molecular formula is C9H14O. The maximum Gasteiger partial charge on any atom is 0.0972 e. The van der Waals surface area contributed by atoms with Crippen LogP contribution in [0.1, 0.15) is 32.1 Å². The van der Waals surface area contributed by atoms with Crippen molar-refractivity contribution in [3.8, 4) is 0 Å². The van der Waals surface area contributed by atoms with Gasteiger partial charge in [-0.25, -0.2) is 0 Å². The number of hydrogen-bond donors (Lipinski definition) is 0. The van der Waals surface area contributed by atoms with Crippen molar-refractivity contribution in [3.05, 3.63) is 0 Å². The zero-order chi connectivity index (χ0) is 6.60. The van der Waals surface area contributed by atoms with Gasteiger partial charge in [0.1, 0.15) is 0 Å². The molecule has 0 radical (unpaired) electrons. The van der Waals surface area contributed by atoms with Crippen molar-refractivity contribution in [2.45, 2.75) is 37.7 Å². The van der Waals surface area contributed by atoms with Gasteiger partial charge in [0.15, 0.2) is 0 Å². The Hall–Kier alpha value is -0.0400. The zero-order valence-electron chi connectivity index (χ0n) is 6.31. The Morgan fingerprint density at radius 1 is 1.00 bits per heavy atom. The number of ether oxygens (including phenoxy) is 1. The Labute approximate surface area is 61.8 Å². The summed E-state index contributed by atoms with van der Waals surface area (Å²) in [6, 6.07) is 0. The fraction of sp³-hybridized carbons (Fsp3) is 1.00. The average Bonchev–Trinajstić information content (AvgIpc) is 2.53. The van der Waals surface area contributed by atoms with Crippen LogP contribution < -0.4 is 0 Å². The Morgan fingerprint density at radius 3 is 1.90 bits per heavy atom. The summed E-state index contributed by atoms with van der Waals surface area (Å²) in [5.41, 5.74) is 0.457. The maximum absolute atomic E-state index is 5.62. The molecule has 1 heterocycles. The quantitative estimate of drug-likeness (QED) is 0.531. The van der Waals surface area contributed by atoms with Gasteiger partial charge in [0, 0.05) is 0 Å². The van der Waals surface area contributed by atoms with Crippen LogP contribution in [0.15, 0.2) is 0 Å². The Morgan fingerprint density at radius 2 is 1.60 bits per heavy atom. The lowest BCUT2D eigenvalue weighted by molar-refractivity contribution is 0.123. The van der Waals surface area contributed by atoms with Crippen LogP contribution in [0.2, 0.25) is 0 Å². The maximum atomic E-state index is 5.62. The molecule has 1 unspecified atom stereocenters. The van der Waals surface area contributed by atoms with Crippen LogP contribution in [0.5, 0.6) is 0 Å². The molecule has 3 fully saturated rings. The molecule has 0 aromatic rings. The van der Waals surface area contributed by atoms with Crippen LogP contribution in [0.25, 0.3) is 0 Å². The van der Waals surface area contributed by atoms with Crippen LogP contribution in [0.3, 0.4) is 0 Å². The lowest BCUT2D eigenvalue weighted by Crippen LogP contribution is -2.32. The summed E-state index contributed by atoms with van der Waals surface area (Å²) in [5, 5.41) is 0. The first-order valence-electron chi connectivity index (χ1n) is 4.56. The van der Waals surface area contributed by atoms with E-state index in [-0.39, 0.29) is 0 Å². The van der Waals surface area contributed by atoms with E-state index in [2.05, 4.69) is 0 Å². The fourth-order valence-electron chi connectivity index (χ4n) is 2.36. The molecule has 10 heavy (non-hydrogen) atoms. The normalized spacial score (nSPS) is 46.8. The highest BCUT2D eigenvalue weighted by Crippen LogP contribution is 2.58. The van der Waals surface area contributed by atoms with Crippen molar-refractivity contribution in [1.82, 2.24) is 0 Å². The Bertz CT molecular complexity index is 152. The zero-order valence-corrected chi connectivity index (χ0v) is 6.31. The number of rotatable bonds is 2. The first kappa shape index (κ1) is 5.59. The third-order valence-electron chi connectivity index (χ3n) is 3.54. The van der Waals surface area contributed by atoms with Gasteiger partial charge in [-0.1, -0.05) is 6.42 Å². The van der Waals surface area contributed by atoms with E-state index in [0.29, 0.717) is 5.60 Å². The van der Waals surface area contributed by atoms with Crippen molar-refractivity contribution < 1.29 is 4.74 Å². The van der Waals surface area contributed by atoms with E-state index in [0.717, 1.165) is 18.4 Å². The third-order valence-corrected chi connectivity index (χ3v) is 3.54. The first-order valence-corrected chi connectivity index (χ1v) is 4.56. The van der Waals surface area contributed by atoms with E-state index < -0.39 is 0 Å². The SMILES string of the molecule is C1CC(C2(C3CC3)CO2)C1. The summed E-state index contributed by atoms with van der Waals surface area (Å²) in [4.78, 5) is 0. The molecule has 0 amide bonds. The van der Waals surface area contributed by atoms with Gasteiger partial charge in [-0.2, -0.15) is 0 Å². The minimum atomic E-state index is 0.457. The standard InChI is InChI=1S/C9H14O/c1-2-7(3-1)9(6-10-9)8-4-5-8/h7-8H,1-6H2. The summed E-state index contributed by atoms with van der Waals surface area (Å²) in [6.45, 7) is 1.10. The summed E-state index contributed by atoms with van der Waals surface area (Å²) in [5.74, 6) is 1.96. The minimum absolute atomic E-state index is 0.457. The molecule has 1 atom stereocenters. The molecule has 0 N–H and O–H groups in total. The highest BCUT2D eigenvalue weighted by atomic mass is 16.6. The molecule has 1 aliphatic heterocycles. The van der Waals surface area contributed by atoms with E-state index in [4.69, 9.17) is 4.74 Å². The number of epoxide rings is 1. The van der Waals surface area contributed by atoms with E-state index in [1.807, 2.05) is 0 Å². The van der Waals surface area contributed by atoms with Crippen LogP contribution in [0.4, 0.5) is 0 Å². The molecule has 1 saturated heterocycles. The second kappa shape index (κ2) is 1.58. The van der Waals surface area contributed by atoms with E-state index in [9.17, 15) is 0 Å². The summed E-state index contributed by atoms with van der Waals surface area (Å²) in [7, 11) is 0. The Kier molecular flexibility index (Phi) is 0.883. The summed E-state index contributed by atoms with van der Waals surface area (Å²) in [6.07, 6.45) is 7.28. The second-order valence-electron chi connectivity index (χ2n) is 4.15. The van der Waals surface area contributed by atoms with E-state index in [1.54, 1.807) is 0 Å². The topological polar surface area (TPSA) is 12.5 Å². The highest BCUT2D eigenvalue weighted by Gasteiger charge is 2.61. The highest BCUT2D eigenvalue weighted by molar-refractivity contribution is 5.09. The van der Waals surface area contributed by atoms with E-state index >= 15 is 0 Å². The predicted molar refractivity (Wildman–Crippen MR) is 38.7 cm³/mol. The predicted octanol–water partition coefficient (Wildman–Crippen LogP) is 1.97. The molecular weight excluding hydrogens is 124 g/mol. The van der Waals surface area contributed by atoms with Crippen molar-refractivity contribution in [3.63, 3.8) is 0 Å². The molecule has 0 bridgehead atoms. The van der Waals surface area contributed by atoms with Gasteiger partial charge in [-0.05, 0) is 37.5 Å². The molecule has 3 aliphatic rings. The average molecular weight is 138 g/mol. The van der Waals surface area contributed by atoms with Gasteiger partial charge in [0.25, 0.3) is 0 Å². The monoisotopic (exact) mass is 138 g/mol. The van der Waals surface area contributed by atoms with Crippen molar-refractivity contribution >= 4 is 0 Å². The second-order valence-corrected chi connectivity index (χ2v) is 4.15. The van der Waals surface area contributed by atoms with Crippen molar-refractivity contribution in [2.75, 3.05) is 6.61 Å². The molecule has 0 aromatic heterocycles. The molecule has 1 heteroatoms. The molecule has 2 saturated carbocycles. The van der Waals surface area contributed by atoms with Gasteiger partial charge in [0.05, 0.1) is 12.2 Å². The molecule has 56 valence electrons. The smallest absolute Gasteiger partial charge is 0.0972 e. The van der Waals surface area contributed by atoms with Gasteiger partial charge < -0.3 is 4.74 Å². The molecule has 1 nitrogen and oxygen atoms in total. The summed E-state index contributed by atoms with van der Waals surface area (Å²) < 4.78 is 5.62. The van der Waals surface area contributed by atoms with Gasteiger partial charge in [-0.3, -0.25) is 0 Å². The van der Waals surface area contributed by atoms with E-state index in [1.165, 1.54) is 32.1 Å². The largest absolute Gasteiger partial charge is 0.369 e.